The second kappa shape index (κ2) is 10.7. The lowest BCUT2D eigenvalue weighted by molar-refractivity contribution is -0.134. The van der Waals surface area contributed by atoms with Crippen molar-refractivity contribution in [3.63, 3.8) is 0 Å². The molecule has 1 saturated carbocycles. The predicted octanol–water partition coefficient (Wildman–Crippen LogP) is 5.28. The Hall–Kier alpha value is -2.82. The van der Waals surface area contributed by atoms with E-state index in [1.54, 1.807) is 0 Å². The molecule has 0 aliphatic heterocycles. The lowest BCUT2D eigenvalue weighted by Crippen LogP contribution is -2.37. The molecule has 3 rings (SSSR count). The summed E-state index contributed by atoms with van der Waals surface area (Å²) in [5, 5.41) is 3.05. The molecular formula is C27H37N3O2. The number of nitrogens with one attached hydrogen (secondary N) is 1. The van der Waals surface area contributed by atoms with Crippen LogP contribution in [0.2, 0.25) is 0 Å². The van der Waals surface area contributed by atoms with E-state index in [0.717, 1.165) is 41.8 Å². The average Bonchev–Trinajstić information content (AvgIpc) is 3.60. The zero-order valence-corrected chi connectivity index (χ0v) is 20.1. The van der Waals surface area contributed by atoms with E-state index in [9.17, 15) is 9.59 Å². The second-order valence-electron chi connectivity index (χ2n) is 9.49. The second-order valence-corrected chi connectivity index (χ2v) is 9.49. The molecule has 1 aliphatic rings. The SMILES string of the molecule is CCC(C(=O)N(Cc1cc(NC(=O)C2CC2)ccc1N(C)C)CC(C)C)c1ccccc1. The van der Waals surface area contributed by atoms with Gasteiger partial charge in [-0.25, -0.2) is 0 Å². The van der Waals surface area contributed by atoms with Crippen molar-refractivity contribution < 1.29 is 9.59 Å². The molecule has 0 spiro atoms. The Morgan fingerprint density at radius 2 is 1.75 bits per heavy atom. The molecule has 172 valence electrons. The molecule has 32 heavy (non-hydrogen) atoms. The van der Waals surface area contributed by atoms with E-state index in [0.29, 0.717) is 19.0 Å². The highest BCUT2D eigenvalue weighted by Gasteiger charge is 2.30. The standard InChI is InChI=1S/C27H37N3O2/c1-6-24(20-10-8-7-9-11-20)27(32)30(17-19(2)3)18-22-16-23(14-15-25(22)29(4)5)28-26(31)21-12-13-21/h7-11,14-16,19,21,24H,6,12-13,17-18H2,1-5H3,(H,28,31). The summed E-state index contributed by atoms with van der Waals surface area (Å²) in [6.07, 6.45) is 2.71. The van der Waals surface area contributed by atoms with Crippen molar-refractivity contribution in [3.05, 3.63) is 59.7 Å². The maximum Gasteiger partial charge on any atom is 0.230 e. The molecule has 0 radical (unpaired) electrons. The zero-order valence-electron chi connectivity index (χ0n) is 20.1. The Kier molecular flexibility index (Phi) is 7.94. The van der Waals surface area contributed by atoms with E-state index in [1.807, 2.05) is 67.5 Å². The normalized spacial score (nSPS) is 14.2. The summed E-state index contributed by atoms with van der Waals surface area (Å²) in [6.45, 7) is 7.56. The summed E-state index contributed by atoms with van der Waals surface area (Å²) in [7, 11) is 4.02. The minimum absolute atomic E-state index is 0.0961. The molecule has 0 saturated heterocycles. The van der Waals surface area contributed by atoms with Gasteiger partial charge >= 0.3 is 0 Å². The molecule has 0 bridgehead atoms. The van der Waals surface area contributed by atoms with Gasteiger partial charge in [-0.2, -0.15) is 0 Å². The number of nitrogens with zero attached hydrogens (tertiary/aromatic N) is 2. The van der Waals surface area contributed by atoms with Crippen LogP contribution >= 0.6 is 0 Å². The highest BCUT2D eigenvalue weighted by Crippen LogP contribution is 2.32. The van der Waals surface area contributed by atoms with Crippen molar-refractivity contribution in [2.45, 2.75) is 52.5 Å². The number of amides is 2. The largest absolute Gasteiger partial charge is 0.377 e. The van der Waals surface area contributed by atoms with E-state index in [2.05, 4.69) is 31.0 Å². The molecule has 1 fully saturated rings. The van der Waals surface area contributed by atoms with Gasteiger partial charge in [0.2, 0.25) is 11.8 Å². The lowest BCUT2D eigenvalue weighted by Gasteiger charge is -2.30. The first-order valence-corrected chi connectivity index (χ1v) is 11.7. The molecule has 2 amide bonds. The summed E-state index contributed by atoms with van der Waals surface area (Å²) in [6, 6.07) is 16.1. The highest BCUT2D eigenvalue weighted by molar-refractivity contribution is 5.94. The smallest absolute Gasteiger partial charge is 0.230 e. The van der Waals surface area contributed by atoms with Gasteiger partial charge in [-0.1, -0.05) is 51.1 Å². The van der Waals surface area contributed by atoms with Crippen LogP contribution < -0.4 is 10.2 Å². The van der Waals surface area contributed by atoms with Gasteiger partial charge in [-0.15, -0.1) is 0 Å². The van der Waals surface area contributed by atoms with Crippen molar-refractivity contribution in [2.75, 3.05) is 30.9 Å². The third-order valence-corrected chi connectivity index (χ3v) is 5.94. The van der Waals surface area contributed by atoms with E-state index in [1.165, 1.54) is 0 Å². The fraction of sp³-hybridized carbons (Fsp3) is 0.481. The molecule has 1 unspecified atom stereocenters. The fourth-order valence-electron chi connectivity index (χ4n) is 4.15. The third kappa shape index (κ3) is 6.12. The summed E-state index contributed by atoms with van der Waals surface area (Å²) < 4.78 is 0. The van der Waals surface area contributed by atoms with Crippen LogP contribution in [0.1, 0.15) is 57.1 Å². The topological polar surface area (TPSA) is 52.7 Å². The Labute approximate surface area is 192 Å². The number of rotatable bonds is 10. The van der Waals surface area contributed by atoms with Crippen molar-refractivity contribution in [3.8, 4) is 0 Å². The Morgan fingerprint density at radius 1 is 1.06 bits per heavy atom. The molecule has 0 heterocycles. The number of hydrogen-bond acceptors (Lipinski definition) is 3. The molecule has 2 aromatic rings. The maximum absolute atomic E-state index is 13.7. The lowest BCUT2D eigenvalue weighted by atomic mass is 9.94. The fourth-order valence-corrected chi connectivity index (χ4v) is 4.15. The molecular weight excluding hydrogens is 398 g/mol. The molecule has 1 atom stereocenters. The van der Waals surface area contributed by atoms with Gasteiger partial charge in [0.25, 0.3) is 0 Å². The molecule has 5 nitrogen and oxygen atoms in total. The van der Waals surface area contributed by atoms with Gasteiger partial charge in [-0.3, -0.25) is 9.59 Å². The van der Waals surface area contributed by atoms with Crippen LogP contribution in [-0.4, -0.2) is 37.4 Å². The quantitative estimate of drug-likeness (QED) is 0.552. The van der Waals surface area contributed by atoms with E-state index in [-0.39, 0.29) is 23.7 Å². The van der Waals surface area contributed by atoms with Crippen LogP contribution in [0.25, 0.3) is 0 Å². The maximum atomic E-state index is 13.7. The van der Waals surface area contributed by atoms with Crippen LogP contribution in [-0.2, 0) is 16.1 Å². The van der Waals surface area contributed by atoms with Gasteiger partial charge in [0, 0.05) is 44.5 Å². The Bertz CT molecular complexity index is 920. The van der Waals surface area contributed by atoms with Gasteiger partial charge in [-0.05, 0) is 54.5 Å². The first kappa shape index (κ1) is 23.8. The number of anilines is 2. The Balaban J connectivity index is 1.89. The number of carbonyl (C=O) groups is 2. The van der Waals surface area contributed by atoms with Crippen molar-refractivity contribution >= 4 is 23.2 Å². The molecule has 1 aliphatic carbocycles. The van der Waals surface area contributed by atoms with E-state index < -0.39 is 0 Å². The Morgan fingerprint density at radius 3 is 2.31 bits per heavy atom. The van der Waals surface area contributed by atoms with Crippen molar-refractivity contribution in [1.82, 2.24) is 4.90 Å². The van der Waals surface area contributed by atoms with E-state index in [4.69, 9.17) is 0 Å². The summed E-state index contributed by atoms with van der Waals surface area (Å²) >= 11 is 0. The third-order valence-electron chi connectivity index (χ3n) is 5.94. The van der Waals surface area contributed by atoms with Crippen molar-refractivity contribution in [1.29, 1.82) is 0 Å². The number of carbonyl (C=O) groups excluding carboxylic acids is 2. The number of hydrogen-bond donors (Lipinski definition) is 1. The molecule has 0 aromatic heterocycles. The first-order valence-electron chi connectivity index (χ1n) is 11.7. The van der Waals surface area contributed by atoms with Gasteiger partial charge < -0.3 is 15.1 Å². The van der Waals surface area contributed by atoms with Gasteiger partial charge in [0.05, 0.1) is 5.92 Å². The van der Waals surface area contributed by atoms with Crippen LogP contribution in [0.5, 0.6) is 0 Å². The average molecular weight is 436 g/mol. The molecule has 2 aromatic carbocycles. The minimum Gasteiger partial charge on any atom is -0.377 e. The van der Waals surface area contributed by atoms with Crippen LogP contribution in [0.4, 0.5) is 11.4 Å². The highest BCUT2D eigenvalue weighted by atomic mass is 16.2. The molecule has 1 N–H and O–H groups in total. The minimum atomic E-state index is -0.157. The number of benzene rings is 2. The first-order chi connectivity index (χ1) is 15.3. The van der Waals surface area contributed by atoms with E-state index >= 15 is 0 Å². The summed E-state index contributed by atoms with van der Waals surface area (Å²) in [5.41, 5.74) is 3.96. The van der Waals surface area contributed by atoms with Gasteiger partial charge in [0.15, 0.2) is 0 Å². The van der Waals surface area contributed by atoms with Gasteiger partial charge in [0.1, 0.15) is 0 Å². The van der Waals surface area contributed by atoms with Crippen LogP contribution in [0.15, 0.2) is 48.5 Å². The monoisotopic (exact) mass is 435 g/mol. The summed E-state index contributed by atoms with van der Waals surface area (Å²) in [5.74, 6) is 0.605. The summed E-state index contributed by atoms with van der Waals surface area (Å²) in [4.78, 5) is 30.0. The van der Waals surface area contributed by atoms with Crippen LogP contribution in [0, 0.1) is 11.8 Å². The zero-order chi connectivity index (χ0) is 23.3. The van der Waals surface area contributed by atoms with Crippen LogP contribution in [0.3, 0.4) is 0 Å². The van der Waals surface area contributed by atoms with Crippen molar-refractivity contribution in [2.24, 2.45) is 11.8 Å². The predicted molar refractivity (Wildman–Crippen MR) is 132 cm³/mol. The molecule has 5 heteroatoms.